The van der Waals surface area contributed by atoms with E-state index in [4.69, 9.17) is 14.2 Å². The summed E-state index contributed by atoms with van der Waals surface area (Å²) in [6.07, 6.45) is 1.27. The van der Waals surface area contributed by atoms with E-state index in [0.717, 1.165) is 0 Å². The zero-order valence-corrected chi connectivity index (χ0v) is 31.5. The number of ether oxygens (including phenoxy) is 3. The lowest BCUT2D eigenvalue weighted by Crippen LogP contribution is -2.30. The summed E-state index contributed by atoms with van der Waals surface area (Å²) in [4.78, 5) is 33.8. The molecule has 0 saturated carbocycles. The molecular weight excluding hydrogens is 540 g/mol. The predicted octanol–water partition coefficient (Wildman–Crippen LogP) is 9.97. The molecule has 1 aromatic carbocycles. The largest absolute Gasteiger partial charge is 0.465 e. The van der Waals surface area contributed by atoms with E-state index in [1.54, 1.807) is 41.5 Å². The second kappa shape index (κ2) is 18.4. The molecule has 0 aliphatic rings. The van der Waals surface area contributed by atoms with Crippen LogP contribution < -0.4 is 0 Å². The molecular formula is C37H68O6. The van der Waals surface area contributed by atoms with Crippen molar-refractivity contribution in [3.63, 3.8) is 0 Å². The van der Waals surface area contributed by atoms with E-state index >= 15 is 0 Å². The first-order chi connectivity index (χ1) is 18.8. The molecule has 6 heteroatoms. The number of hydrogen-bond donors (Lipinski definition) is 0. The molecule has 252 valence electrons. The summed E-state index contributed by atoms with van der Waals surface area (Å²) in [5.41, 5.74) is 0.760. The molecule has 0 N–H and O–H groups in total. The lowest BCUT2D eigenvalue weighted by molar-refractivity contribution is -0.170. The third-order valence-corrected chi connectivity index (χ3v) is 5.30. The Morgan fingerprint density at radius 3 is 1.21 bits per heavy atom. The highest BCUT2D eigenvalue weighted by molar-refractivity contribution is 5.79. The third-order valence-electron chi connectivity index (χ3n) is 5.30. The highest BCUT2D eigenvalue weighted by atomic mass is 16.6. The van der Waals surface area contributed by atoms with Crippen LogP contribution in [0.4, 0.5) is 0 Å². The molecule has 0 fully saturated rings. The molecule has 0 spiro atoms. The van der Waals surface area contributed by atoms with Crippen molar-refractivity contribution in [2.24, 2.45) is 21.7 Å². The Morgan fingerprint density at radius 2 is 0.953 bits per heavy atom. The van der Waals surface area contributed by atoms with Gasteiger partial charge in [0.15, 0.2) is 6.61 Å². The Bertz CT molecular complexity index is 920. The van der Waals surface area contributed by atoms with Crippen molar-refractivity contribution in [3.05, 3.63) is 35.9 Å². The summed E-state index contributed by atoms with van der Waals surface area (Å²) in [5.74, 6) is -1.06. The highest BCUT2D eigenvalue weighted by Gasteiger charge is 2.26. The first-order valence-corrected chi connectivity index (χ1v) is 15.4. The van der Waals surface area contributed by atoms with Crippen molar-refractivity contribution in [2.45, 2.75) is 149 Å². The van der Waals surface area contributed by atoms with Crippen LogP contribution in [0, 0.1) is 21.7 Å². The maximum absolute atomic E-state index is 11.3. The molecule has 0 aliphatic carbocycles. The Hall–Kier alpha value is -2.37. The van der Waals surface area contributed by atoms with E-state index in [2.05, 4.69) is 78.8 Å². The van der Waals surface area contributed by atoms with Gasteiger partial charge in [0.25, 0.3) is 0 Å². The number of hydrogen-bond acceptors (Lipinski definition) is 6. The summed E-state index contributed by atoms with van der Waals surface area (Å²) in [5, 5.41) is 0. The fourth-order valence-corrected chi connectivity index (χ4v) is 2.15. The monoisotopic (exact) mass is 609 g/mol. The fourth-order valence-electron chi connectivity index (χ4n) is 2.15. The fraction of sp³-hybridized carbons (Fsp3) is 0.757. The molecule has 0 radical (unpaired) electrons. The first-order valence-electron chi connectivity index (χ1n) is 15.4. The Balaban J connectivity index is -0.000000517. The van der Waals surface area contributed by atoms with E-state index in [-0.39, 0.29) is 23.4 Å². The average Bonchev–Trinajstić information content (AvgIpc) is 2.79. The maximum Gasteiger partial charge on any atom is 0.344 e. The molecule has 0 aliphatic heterocycles. The van der Waals surface area contributed by atoms with Gasteiger partial charge in [-0.05, 0) is 84.1 Å². The number of carbonyl (C=O) groups excluding carboxylic acids is 3. The molecule has 0 saturated heterocycles. The van der Waals surface area contributed by atoms with Crippen LogP contribution in [0.5, 0.6) is 0 Å². The standard InChI is InChI=1S/C11H20O4.C10H20O2.C10H14.C6H14/c1-10(2,3)9(13)14-7-8(12)15-11(4,5)6;1-9(2,3)7-12-8(11)10(4,5)6;1-10(2,3)9-7-5-4-6-8-9;1-5-6(2,3)4/h7H2,1-6H3;7H2,1-6H3;4-8H,1-3H3;5H2,1-4H3. The van der Waals surface area contributed by atoms with Crippen molar-refractivity contribution < 1.29 is 28.6 Å². The van der Waals surface area contributed by atoms with Gasteiger partial charge in [-0.2, -0.15) is 0 Å². The van der Waals surface area contributed by atoms with Crippen LogP contribution in [0.15, 0.2) is 30.3 Å². The molecule has 0 amide bonds. The Labute approximate surface area is 266 Å². The number of carbonyl (C=O) groups is 3. The summed E-state index contributed by atoms with van der Waals surface area (Å²) in [7, 11) is 0. The van der Waals surface area contributed by atoms with Crippen LogP contribution in [0.25, 0.3) is 0 Å². The van der Waals surface area contributed by atoms with Gasteiger partial charge >= 0.3 is 17.9 Å². The van der Waals surface area contributed by atoms with Crippen molar-refractivity contribution in [1.29, 1.82) is 0 Å². The van der Waals surface area contributed by atoms with Gasteiger partial charge in [0.1, 0.15) is 5.60 Å². The summed E-state index contributed by atoms with van der Waals surface area (Å²) < 4.78 is 14.9. The lowest BCUT2D eigenvalue weighted by atomic mass is 9.87. The van der Waals surface area contributed by atoms with Crippen molar-refractivity contribution in [3.8, 4) is 0 Å². The van der Waals surface area contributed by atoms with E-state index in [1.165, 1.54) is 12.0 Å². The topological polar surface area (TPSA) is 78.9 Å². The minimum atomic E-state index is -0.595. The minimum Gasteiger partial charge on any atom is -0.465 e. The number of esters is 3. The lowest BCUT2D eigenvalue weighted by Gasteiger charge is -2.22. The van der Waals surface area contributed by atoms with E-state index in [0.29, 0.717) is 17.4 Å². The van der Waals surface area contributed by atoms with Gasteiger partial charge in [-0.1, -0.05) is 106 Å². The number of benzene rings is 1. The van der Waals surface area contributed by atoms with Crippen LogP contribution in [-0.4, -0.2) is 36.7 Å². The van der Waals surface area contributed by atoms with Crippen LogP contribution in [0.2, 0.25) is 0 Å². The minimum absolute atomic E-state index is 0.0565. The van der Waals surface area contributed by atoms with E-state index in [1.807, 2.05) is 41.5 Å². The zero-order chi connectivity index (χ0) is 35.1. The van der Waals surface area contributed by atoms with Crippen molar-refractivity contribution >= 4 is 17.9 Å². The highest BCUT2D eigenvalue weighted by Crippen LogP contribution is 2.21. The van der Waals surface area contributed by atoms with Crippen LogP contribution >= 0.6 is 0 Å². The zero-order valence-electron chi connectivity index (χ0n) is 31.5. The normalized spacial score (nSPS) is 12.2. The van der Waals surface area contributed by atoms with Gasteiger partial charge in [0.2, 0.25) is 0 Å². The first kappa shape index (κ1) is 45.1. The van der Waals surface area contributed by atoms with Gasteiger partial charge in [-0.3, -0.25) is 9.59 Å². The molecule has 0 aromatic heterocycles. The Kier molecular flexibility index (Phi) is 19.3. The average molecular weight is 609 g/mol. The molecule has 1 rings (SSSR count). The predicted molar refractivity (Wildman–Crippen MR) is 181 cm³/mol. The SMILES string of the molecule is CC(C)(C)COC(=O)C(C)(C)C.CC(C)(C)OC(=O)COC(=O)C(C)(C)C.CC(C)(C)c1ccccc1.CCC(C)(C)C. The molecule has 6 nitrogen and oxygen atoms in total. The Morgan fingerprint density at radius 1 is 0.581 bits per heavy atom. The molecule has 0 heterocycles. The van der Waals surface area contributed by atoms with Crippen LogP contribution in [0.3, 0.4) is 0 Å². The third kappa shape index (κ3) is 30.9. The van der Waals surface area contributed by atoms with E-state index < -0.39 is 23.0 Å². The van der Waals surface area contributed by atoms with Crippen molar-refractivity contribution in [2.75, 3.05) is 13.2 Å². The van der Waals surface area contributed by atoms with Gasteiger partial charge < -0.3 is 14.2 Å². The molecule has 0 unspecified atom stereocenters. The quantitative estimate of drug-likeness (QED) is 0.251. The summed E-state index contributed by atoms with van der Waals surface area (Å²) in [6, 6.07) is 10.6. The molecule has 43 heavy (non-hydrogen) atoms. The van der Waals surface area contributed by atoms with Crippen molar-refractivity contribution in [1.82, 2.24) is 0 Å². The maximum atomic E-state index is 11.3. The smallest absolute Gasteiger partial charge is 0.344 e. The molecule has 0 atom stereocenters. The summed E-state index contributed by atoms with van der Waals surface area (Å²) >= 11 is 0. The van der Waals surface area contributed by atoms with Gasteiger partial charge in [0, 0.05) is 0 Å². The molecule has 1 aromatic rings. The van der Waals surface area contributed by atoms with E-state index in [9.17, 15) is 14.4 Å². The van der Waals surface area contributed by atoms with Gasteiger partial charge in [0.05, 0.1) is 17.4 Å². The van der Waals surface area contributed by atoms with Gasteiger partial charge in [-0.25, -0.2) is 4.79 Å². The second-order valence-electron chi connectivity index (χ2n) is 17.3. The van der Waals surface area contributed by atoms with Crippen LogP contribution in [0.1, 0.15) is 144 Å². The number of rotatable bonds is 3. The summed E-state index contributed by atoms with van der Waals surface area (Å²) in [6.45, 7) is 37.9. The van der Waals surface area contributed by atoms with Crippen LogP contribution in [-0.2, 0) is 34.0 Å². The molecule has 0 bridgehead atoms. The van der Waals surface area contributed by atoms with Gasteiger partial charge in [-0.15, -0.1) is 0 Å². The second-order valence-corrected chi connectivity index (χ2v) is 17.3.